The van der Waals surface area contributed by atoms with Gasteiger partial charge in [-0.25, -0.2) is 4.98 Å². The molecule has 3 aromatic rings. The van der Waals surface area contributed by atoms with Gasteiger partial charge in [0.1, 0.15) is 0 Å². The van der Waals surface area contributed by atoms with E-state index in [-0.39, 0.29) is 6.42 Å². The number of carboxylic acid groups (broad SMARTS) is 1. The molecular weight excluding hydrogens is 320 g/mol. The molecule has 4 nitrogen and oxygen atoms in total. The lowest BCUT2D eigenvalue weighted by Gasteiger charge is -2.08. The van der Waals surface area contributed by atoms with Gasteiger partial charge in [0.25, 0.3) is 0 Å². The number of aromatic nitrogens is 1. The Bertz CT molecular complexity index is 872. The van der Waals surface area contributed by atoms with Crippen molar-refractivity contribution in [1.29, 1.82) is 0 Å². The second kappa shape index (κ2) is 6.84. The lowest BCUT2D eigenvalue weighted by molar-refractivity contribution is -0.136. The fourth-order valence-corrected chi connectivity index (χ4v) is 3.47. The van der Waals surface area contributed by atoms with Crippen molar-refractivity contribution in [3.05, 3.63) is 64.5 Å². The fourth-order valence-electron chi connectivity index (χ4n) is 2.49. The van der Waals surface area contributed by atoms with Crippen molar-refractivity contribution in [2.75, 3.05) is 5.32 Å². The summed E-state index contributed by atoms with van der Waals surface area (Å²) >= 11 is 1.39. The summed E-state index contributed by atoms with van der Waals surface area (Å²) in [5.41, 5.74) is 5.01. The Kier molecular flexibility index (Phi) is 4.62. The van der Waals surface area contributed by atoms with Crippen molar-refractivity contribution in [1.82, 2.24) is 4.98 Å². The standard InChI is InChI=1S/C19H18N2O2S/c1-12-7-6-10-15(13(12)2)20-19-21-18(14-8-4-3-5-9-14)16(24-19)11-17(22)23/h3-10H,11H2,1-2H3,(H,20,21)(H,22,23). The Morgan fingerprint density at radius 2 is 1.88 bits per heavy atom. The molecule has 2 N–H and O–H groups in total. The van der Waals surface area contributed by atoms with Crippen molar-refractivity contribution in [3.8, 4) is 11.3 Å². The maximum atomic E-state index is 11.2. The first-order valence-electron chi connectivity index (χ1n) is 7.65. The summed E-state index contributed by atoms with van der Waals surface area (Å²) in [5, 5.41) is 13.2. The number of nitrogens with one attached hydrogen (secondary N) is 1. The van der Waals surface area contributed by atoms with Gasteiger partial charge in [-0.1, -0.05) is 42.5 Å². The molecule has 0 spiro atoms. The summed E-state index contributed by atoms with van der Waals surface area (Å²) < 4.78 is 0. The molecule has 1 heterocycles. The highest BCUT2D eigenvalue weighted by Gasteiger charge is 2.16. The molecule has 0 radical (unpaired) electrons. The topological polar surface area (TPSA) is 62.2 Å². The van der Waals surface area contributed by atoms with Crippen molar-refractivity contribution in [2.45, 2.75) is 20.3 Å². The number of carbonyl (C=O) groups is 1. The summed E-state index contributed by atoms with van der Waals surface area (Å²) in [7, 11) is 0. The summed E-state index contributed by atoms with van der Waals surface area (Å²) in [6.07, 6.45) is -0.0314. The Morgan fingerprint density at radius 3 is 2.58 bits per heavy atom. The highest BCUT2D eigenvalue weighted by Crippen LogP contribution is 2.34. The molecule has 0 aliphatic heterocycles. The van der Waals surface area contributed by atoms with Gasteiger partial charge in [-0.15, -0.1) is 11.3 Å². The van der Waals surface area contributed by atoms with Gasteiger partial charge in [0.15, 0.2) is 5.13 Å². The number of carboxylic acids is 1. The van der Waals surface area contributed by atoms with Crippen LogP contribution in [0, 0.1) is 13.8 Å². The molecule has 0 saturated heterocycles. The number of rotatable bonds is 5. The first-order chi connectivity index (χ1) is 11.5. The molecule has 24 heavy (non-hydrogen) atoms. The summed E-state index contributed by atoms with van der Waals surface area (Å²) in [4.78, 5) is 16.6. The van der Waals surface area contributed by atoms with Crippen LogP contribution in [-0.2, 0) is 11.2 Å². The average molecular weight is 338 g/mol. The van der Waals surface area contributed by atoms with Crippen LogP contribution in [0.5, 0.6) is 0 Å². The van der Waals surface area contributed by atoms with Crippen LogP contribution < -0.4 is 5.32 Å². The molecule has 0 bridgehead atoms. The molecule has 2 aromatic carbocycles. The lowest BCUT2D eigenvalue weighted by atomic mass is 10.1. The molecule has 0 amide bonds. The van der Waals surface area contributed by atoms with Gasteiger partial charge >= 0.3 is 5.97 Å². The van der Waals surface area contributed by atoms with Crippen molar-refractivity contribution >= 4 is 28.1 Å². The molecule has 0 fully saturated rings. The number of aliphatic carboxylic acids is 1. The van der Waals surface area contributed by atoms with E-state index in [2.05, 4.69) is 30.2 Å². The predicted octanol–water partition coefficient (Wildman–Crippen LogP) is 4.80. The molecule has 5 heteroatoms. The normalized spacial score (nSPS) is 10.6. The largest absolute Gasteiger partial charge is 0.481 e. The second-order valence-corrected chi connectivity index (χ2v) is 6.68. The highest BCUT2D eigenvalue weighted by molar-refractivity contribution is 7.16. The summed E-state index contributed by atoms with van der Waals surface area (Å²) in [6.45, 7) is 4.12. The van der Waals surface area contributed by atoms with E-state index in [0.717, 1.165) is 27.4 Å². The van der Waals surface area contributed by atoms with Crippen molar-refractivity contribution in [3.63, 3.8) is 0 Å². The van der Waals surface area contributed by atoms with Crippen LogP contribution >= 0.6 is 11.3 Å². The molecule has 3 rings (SSSR count). The quantitative estimate of drug-likeness (QED) is 0.701. The van der Waals surface area contributed by atoms with E-state index >= 15 is 0 Å². The third-order valence-electron chi connectivity index (χ3n) is 3.90. The molecule has 0 aliphatic rings. The predicted molar refractivity (Wildman–Crippen MR) is 98.1 cm³/mol. The molecule has 0 unspecified atom stereocenters. The van der Waals surface area contributed by atoms with Crippen LogP contribution in [0.25, 0.3) is 11.3 Å². The molecular formula is C19H18N2O2S. The number of nitrogens with zero attached hydrogens (tertiary/aromatic N) is 1. The van der Waals surface area contributed by atoms with Crippen LogP contribution in [0.4, 0.5) is 10.8 Å². The maximum absolute atomic E-state index is 11.2. The third kappa shape index (κ3) is 3.46. The third-order valence-corrected chi connectivity index (χ3v) is 4.87. The number of anilines is 2. The van der Waals surface area contributed by atoms with Crippen molar-refractivity contribution < 1.29 is 9.90 Å². The summed E-state index contributed by atoms with van der Waals surface area (Å²) in [6, 6.07) is 15.7. The fraction of sp³-hybridized carbons (Fsp3) is 0.158. The smallest absolute Gasteiger partial charge is 0.308 e. The van der Waals surface area contributed by atoms with Crippen LogP contribution in [0.15, 0.2) is 48.5 Å². The Labute approximate surface area is 144 Å². The van der Waals surface area contributed by atoms with E-state index in [1.165, 1.54) is 16.9 Å². The summed E-state index contributed by atoms with van der Waals surface area (Å²) in [5.74, 6) is -0.853. The zero-order valence-electron chi connectivity index (χ0n) is 13.5. The first kappa shape index (κ1) is 16.2. The van der Waals surface area contributed by atoms with E-state index in [1.807, 2.05) is 42.5 Å². The monoisotopic (exact) mass is 338 g/mol. The number of aryl methyl sites for hydroxylation is 1. The zero-order chi connectivity index (χ0) is 17.1. The number of thiazole rings is 1. The Morgan fingerprint density at radius 1 is 1.12 bits per heavy atom. The number of hydrogen-bond acceptors (Lipinski definition) is 4. The van der Waals surface area contributed by atoms with E-state index in [0.29, 0.717) is 5.13 Å². The minimum Gasteiger partial charge on any atom is -0.481 e. The van der Waals surface area contributed by atoms with Gasteiger partial charge in [0.2, 0.25) is 0 Å². The number of benzene rings is 2. The van der Waals surface area contributed by atoms with Crippen LogP contribution in [0.2, 0.25) is 0 Å². The van der Waals surface area contributed by atoms with E-state index < -0.39 is 5.97 Å². The Hall–Kier alpha value is -2.66. The van der Waals surface area contributed by atoms with Gasteiger partial charge in [-0.05, 0) is 31.0 Å². The average Bonchev–Trinajstić information content (AvgIpc) is 2.94. The SMILES string of the molecule is Cc1cccc(Nc2nc(-c3ccccc3)c(CC(=O)O)s2)c1C. The highest BCUT2D eigenvalue weighted by atomic mass is 32.1. The minimum absolute atomic E-state index is 0.0314. The van der Waals surface area contributed by atoms with Gasteiger partial charge in [0.05, 0.1) is 12.1 Å². The van der Waals surface area contributed by atoms with E-state index in [4.69, 9.17) is 0 Å². The van der Waals surface area contributed by atoms with Gasteiger partial charge in [-0.2, -0.15) is 0 Å². The van der Waals surface area contributed by atoms with Crippen LogP contribution in [0.3, 0.4) is 0 Å². The molecule has 0 atom stereocenters. The lowest BCUT2D eigenvalue weighted by Crippen LogP contribution is -1.99. The molecule has 0 aliphatic carbocycles. The van der Waals surface area contributed by atoms with Gasteiger partial charge < -0.3 is 10.4 Å². The molecule has 0 saturated carbocycles. The maximum Gasteiger partial charge on any atom is 0.308 e. The van der Waals surface area contributed by atoms with E-state index in [1.54, 1.807) is 0 Å². The zero-order valence-corrected chi connectivity index (χ0v) is 14.4. The van der Waals surface area contributed by atoms with Gasteiger partial charge in [0, 0.05) is 16.1 Å². The van der Waals surface area contributed by atoms with Crippen LogP contribution in [-0.4, -0.2) is 16.1 Å². The molecule has 1 aromatic heterocycles. The van der Waals surface area contributed by atoms with Gasteiger partial charge in [-0.3, -0.25) is 4.79 Å². The second-order valence-electron chi connectivity index (χ2n) is 5.60. The first-order valence-corrected chi connectivity index (χ1v) is 8.46. The van der Waals surface area contributed by atoms with E-state index in [9.17, 15) is 9.90 Å². The Balaban J connectivity index is 1.99. The van der Waals surface area contributed by atoms with Crippen molar-refractivity contribution in [2.24, 2.45) is 0 Å². The minimum atomic E-state index is -0.853. The molecule has 122 valence electrons. The van der Waals surface area contributed by atoms with Crippen LogP contribution in [0.1, 0.15) is 16.0 Å². The number of hydrogen-bond donors (Lipinski definition) is 2.